The van der Waals surface area contributed by atoms with Crippen LogP contribution in [0.25, 0.3) is 108 Å². The lowest BCUT2D eigenvalue weighted by Gasteiger charge is -2.28. The molecule has 3 nitrogen and oxygen atoms in total. The molecule has 0 fully saturated rings. The first-order valence-corrected chi connectivity index (χ1v) is 23.6. The standard InChI is InChI=1S/C65H41N3/c1-66-58-34-30-44(67(42-18-4-2-5-19-42)60-36-32-52-48-24-10-16-40-14-8-22-46(62(40)48)50-26-12-28-54(60)64(50)52)38-56(58)57-39-45(31-35-59(57)66)68(43-20-6-3-7-21-43)61-37-33-53-49-25-11-17-41-15-9-23-47(63(41)49)51-27-13-29-55(61)65(51)53/h2-39H,1H3. The number of hydrogen-bond acceptors (Lipinski definition) is 2. The van der Waals surface area contributed by atoms with Gasteiger partial charge in [-0.3, -0.25) is 0 Å². The quantitative estimate of drug-likeness (QED) is 0.122. The fraction of sp³-hybridized carbons (Fsp3) is 0.0154. The Balaban J connectivity index is 0.952. The van der Waals surface area contributed by atoms with Gasteiger partial charge < -0.3 is 14.4 Å². The molecule has 0 radical (unpaired) electrons. The molecule has 68 heavy (non-hydrogen) atoms. The van der Waals surface area contributed by atoms with Crippen LogP contribution in [0.3, 0.4) is 0 Å². The highest BCUT2D eigenvalue weighted by Crippen LogP contribution is 2.49. The minimum Gasteiger partial charge on any atom is -0.344 e. The molecule has 0 bridgehead atoms. The second-order valence-electron chi connectivity index (χ2n) is 18.4. The zero-order valence-corrected chi connectivity index (χ0v) is 37.3. The van der Waals surface area contributed by atoms with Gasteiger partial charge in [0, 0.05) is 62.4 Å². The summed E-state index contributed by atoms with van der Waals surface area (Å²) in [5, 5.41) is 23.1. The molecule has 0 aliphatic rings. The molecule has 1 heterocycles. The van der Waals surface area contributed by atoms with Gasteiger partial charge in [0.25, 0.3) is 0 Å². The van der Waals surface area contributed by atoms with Crippen molar-refractivity contribution in [3.05, 3.63) is 231 Å². The van der Waals surface area contributed by atoms with Gasteiger partial charge in [0.2, 0.25) is 0 Å². The van der Waals surface area contributed by atoms with Crippen LogP contribution in [0.2, 0.25) is 0 Å². The molecule has 0 N–H and O–H groups in total. The van der Waals surface area contributed by atoms with Gasteiger partial charge in [0.1, 0.15) is 0 Å². The molecule has 1 aromatic heterocycles. The maximum Gasteiger partial charge on any atom is 0.0540 e. The molecule has 14 aromatic carbocycles. The number of rotatable bonds is 6. The number of benzene rings is 14. The van der Waals surface area contributed by atoms with Crippen molar-refractivity contribution < 1.29 is 0 Å². The molecular weight excluding hydrogens is 823 g/mol. The monoisotopic (exact) mass is 863 g/mol. The average molecular weight is 864 g/mol. The number of aryl methyl sites for hydroxylation is 1. The van der Waals surface area contributed by atoms with Gasteiger partial charge in [0.05, 0.1) is 11.4 Å². The van der Waals surface area contributed by atoms with E-state index in [4.69, 9.17) is 0 Å². The predicted molar refractivity (Wildman–Crippen MR) is 292 cm³/mol. The van der Waals surface area contributed by atoms with Gasteiger partial charge >= 0.3 is 0 Å². The van der Waals surface area contributed by atoms with Crippen molar-refractivity contribution in [3.8, 4) is 0 Å². The van der Waals surface area contributed by atoms with E-state index in [0.717, 1.165) is 34.1 Å². The second kappa shape index (κ2) is 14.0. The van der Waals surface area contributed by atoms with Crippen molar-refractivity contribution in [2.45, 2.75) is 0 Å². The van der Waals surface area contributed by atoms with Crippen LogP contribution in [0.4, 0.5) is 34.1 Å². The molecule has 0 saturated heterocycles. The number of nitrogens with zero attached hydrogens (tertiary/aromatic N) is 3. The Bertz CT molecular complexity index is 4120. The Hall–Kier alpha value is -8.92. The van der Waals surface area contributed by atoms with Crippen LogP contribution in [0.5, 0.6) is 0 Å². The zero-order chi connectivity index (χ0) is 44.6. The van der Waals surface area contributed by atoms with E-state index in [2.05, 4.69) is 252 Å². The largest absolute Gasteiger partial charge is 0.344 e. The first kappa shape index (κ1) is 37.3. The minimum absolute atomic E-state index is 1.11. The van der Waals surface area contributed by atoms with E-state index in [1.54, 1.807) is 0 Å². The smallest absolute Gasteiger partial charge is 0.0540 e. The third kappa shape index (κ3) is 5.13. The van der Waals surface area contributed by atoms with E-state index in [1.807, 2.05) is 0 Å². The first-order valence-electron chi connectivity index (χ1n) is 23.6. The van der Waals surface area contributed by atoms with Crippen molar-refractivity contribution in [1.29, 1.82) is 0 Å². The summed E-state index contributed by atoms with van der Waals surface area (Å²) in [6.07, 6.45) is 0. The normalized spacial score (nSPS) is 12.2. The molecule has 0 amide bonds. The van der Waals surface area contributed by atoms with E-state index in [9.17, 15) is 0 Å². The van der Waals surface area contributed by atoms with E-state index < -0.39 is 0 Å². The summed E-state index contributed by atoms with van der Waals surface area (Å²) in [5.74, 6) is 0. The van der Waals surface area contributed by atoms with Crippen molar-refractivity contribution in [1.82, 2.24) is 4.57 Å². The van der Waals surface area contributed by atoms with Crippen molar-refractivity contribution in [2.75, 3.05) is 9.80 Å². The lowest BCUT2D eigenvalue weighted by atomic mass is 9.89. The summed E-state index contributed by atoms with van der Waals surface area (Å²) in [6.45, 7) is 0. The SMILES string of the molecule is Cn1c2ccc(N(c3ccccc3)c3ccc4c5cccc6cccc(c7cccc3c74)c65)cc2c2cc(N(c3ccccc3)c3ccc4c5cccc6cccc(c7cccc3c74)c65)ccc21. The highest BCUT2D eigenvalue weighted by molar-refractivity contribution is 6.36. The molecule has 0 aliphatic carbocycles. The van der Waals surface area contributed by atoms with E-state index in [0.29, 0.717) is 0 Å². The van der Waals surface area contributed by atoms with E-state index in [-0.39, 0.29) is 0 Å². The predicted octanol–water partition coefficient (Wildman–Crippen LogP) is 18.4. The molecule has 0 aliphatic heterocycles. The fourth-order valence-electron chi connectivity index (χ4n) is 12.1. The van der Waals surface area contributed by atoms with Gasteiger partial charge in [-0.1, -0.05) is 158 Å². The zero-order valence-electron chi connectivity index (χ0n) is 37.3. The Kier molecular flexibility index (Phi) is 7.71. The Labute approximate surface area is 392 Å². The topological polar surface area (TPSA) is 11.4 Å². The van der Waals surface area contributed by atoms with Gasteiger partial charge in [-0.05, 0) is 148 Å². The number of para-hydroxylation sites is 2. The van der Waals surface area contributed by atoms with Crippen LogP contribution in [0.15, 0.2) is 231 Å². The van der Waals surface area contributed by atoms with Crippen LogP contribution in [0.1, 0.15) is 0 Å². The van der Waals surface area contributed by atoms with Crippen LogP contribution in [-0.4, -0.2) is 4.57 Å². The number of fused-ring (bicyclic) bond motifs is 7. The third-order valence-electron chi connectivity index (χ3n) is 15.0. The molecule has 0 spiro atoms. The molecule has 15 rings (SSSR count). The number of aromatic nitrogens is 1. The maximum absolute atomic E-state index is 2.45. The molecule has 15 aromatic rings. The van der Waals surface area contributed by atoms with Crippen LogP contribution in [0, 0.1) is 0 Å². The van der Waals surface area contributed by atoms with Crippen molar-refractivity contribution in [2.24, 2.45) is 7.05 Å². The summed E-state index contributed by atoms with van der Waals surface area (Å²) < 4.78 is 2.35. The Morgan fingerprint density at radius 2 is 0.588 bits per heavy atom. The Morgan fingerprint density at radius 3 is 0.985 bits per heavy atom. The molecular formula is C65H41N3. The third-order valence-corrected chi connectivity index (χ3v) is 15.0. The molecule has 316 valence electrons. The summed E-state index contributed by atoms with van der Waals surface area (Å²) in [5.41, 5.74) is 9.14. The number of anilines is 6. The number of hydrogen-bond donors (Lipinski definition) is 0. The highest BCUT2D eigenvalue weighted by atomic mass is 15.2. The summed E-state index contributed by atoms with van der Waals surface area (Å²) >= 11 is 0. The van der Waals surface area contributed by atoms with Gasteiger partial charge in [-0.2, -0.15) is 0 Å². The highest BCUT2D eigenvalue weighted by Gasteiger charge is 2.24. The maximum atomic E-state index is 2.45. The van der Waals surface area contributed by atoms with Crippen molar-refractivity contribution in [3.63, 3.8) is 0 Å². The summed E-state index contributed by atoms with van der Waals surface area (Å²) in [7, 11) is 2.20. The van der Waals surface area contributed by atoms with Crippen LogP contribution >= 0.6 is 0 Å². The van der Waals surface area contributed by atoms with Crippen molar-refractivity contribution >= 4 is 142 Å². The van der Waals surface area contributed by atoms with Gasteiger partial charge in [0.15, 0.2) is 0 Å². The average Bonchev–Trinajstić information content (AvgIpc) is 3.68. The van der Waals surface area contributed by atoms with E-state index >= 15 is 0 Å². The Morgan fingerprint density at radius 1 is 0.250 bits per heavy atom. The molecule has 0 unspecified atom stereocenters. The minimum atomic E-state index is 1.11. The lowest BCUT2D eigenvalue weighted by Crippen LogP contribution is -2.10. The summed E-state index contributed by atoms with van der Waals surface area (Å²) in [6, 6.07) is 85.7. The molecule has 3 heteroatoms. The van der Waals surface area contributed by atoms with E-state index in [1.165, 1.54) is 108 Å². The second-order valence-corrected chi connectivity index (χ2v) is 18.4. The molecule has 0 saturated carbocycles. The lowest BCUT2D eigenvalue weighted by molar-refractivity contribution is 1.01. The van der Waals surface area contributed by atoms with Gasteiger partial charge in [-0.25, -0.2) is 0 Å². The van der Waals surface area contributed by atoms with Crippen LogP contribution in [-0.2, 0) is 7.05 Å². The molecule has 0 atom stereocenters. The first-order chi connectivity index (χ1) is 33.7. The summed E-state index contributed by atoms with van der Waals surface area (Å²) in [4.78, 5) is 4.91. The fourth-order valence-corrected chi connectivity index (χ4v) is 12.1. The van der Waals surface area contributed by atoms with Crippen LogP contribution < -0.4 is 9.80 Å². The van der Waals surface area contributed by atoms with Gasteiger partial charge in [-0.15, -0.1) is 0 Å².